The molecule has 0 saturated carbocycles. The van der Waals surface area contributed by atoms with E-state index in [1.54, 1.807) is 31.4 Å². The van der Waals surface area contributed by atoms with Crippen LogP contribution in [-0.2, 0) is 9.53 Å². The zero-order valence-corrected chi connectivity index (χ0v) is 14.1. The molecule has 25 heavy (non-hydrogen) atoms. The number of nitrogens with one attached hydrogen (secondary N) is 1. The average molecular weight is 345 g/mol. The molecule has 1 atom stereocenters. The van der Waals surface area contributed by atoms with Crippen molar-refractivity contribution in [3.63, 3.8) is 0 Å². The summed E-state index contributed by atoms with van der Waals surface area (Å²) in [6.07, 6.45) is 0. The first-order valence-corrected chi connectivity index (χ1v) is 7.81. The second-order valence-electron chi connectivity index (χ2n) is 5.57. The van der Waals surface area contributed by atoms with Crippen LogP contribution in [0, 0.1) is 5.82 Å². The molecule has 0 aliphatic carbocycles. The van der Waals surface area contributed by atoms with E-state index >= 15 is 0 Å². The number of rotatable bonds is 8. The van der Waals surface area contributed by atoms with Gasteiger partial charge in [0.25, 0.3) is 5.91 Å². The van der Waals surface area contributed by atoms with Gasteiger partial charge in [0.2, 0.25) is 0 Å². The number of ketones is 1. The molecule has 0 saturated heterocycles. The van der Waals surface area contributed by atoms with E-state index in [0.29, 0.717) is 23.5 Å². The molecule has 132 valence electrons. The summed E-state index contributed by atoms with van der Waals surface area (Å²) in [5.74, 6) is -0.378. The van der Waals surface area contributed by atoms with Gasteiger partial charge in [-0.1, -0.05) is 0 Å². The molecular formula is C19H20FNO4. The van der Waals surface area contributed by atoms with Crippen LogP contribution in [0.5, 0.6) is 5.75 Å². The smallest absolute Gasteiger partial charge is 0.258 e. The third kappa shape index (κ3) is 5.69. The Bertz CT molecular complexity index is 713. The van der Waals surface area contributed by atoms with Crippen molar-refractivity contribution < 1.29 is 23.5 Å². The summed E-state index contributed by atoms with van der Waals surface area (Å²) >= 11 is 0. The molecule has 0 radical (unpaired) electrons. The number of benzene rings is 2. The van der Waals surface area contributed by atoms with Crippen molar-refractivity contribution in [2.24, 2.45) is 0 Å². The van der Waals surface area contributed by atoms with Crippen molar-refractivity contribution in [1.82, 2.24) is 5.32 Å². The third-order valence-corrected chi connectivity index (χ3v) is 3.42. The number of ether oxygens (including phenoxy) is 2. The summed E-state index contributed by atoms with van der Waals surface area (Å²) in [6.45, 7) is 2.13. The van der Waals surface area contributed by atoms with Gasteiger partial charge in [-0.3, -0.25) is 9.59 Å². The fourth-order valence-corrected chi connectivity index (χ4v) is 2.23. The SMILES string of the molecule is COCC(C)NC(=O)COc1ccc(C(=O)c2ccc(F)cc2)cc1. The zero-order chi connectivity index (χ0) is 18.2. The van der Waals surface area contributed by atoms with Crippen LogP contribution >= 0.6 is 0 Å². The Hall–Kier alpha value is -2.73. The minimum atomic E-state index is -0.390. The van der Waals surface area contributed by atoms with Gasteiger partial charge in [-0.25, -0.2) is 4.39 Å². The summed E-state index contributed by atoms with van der Waals surface area (Å²) in [7, 11) is 1.56. The summed E-state index contributed by atoms with van der Waals surface area (Å²) in [5, 5.41) is 2.73. The molecule has 6 heteroatoms. The van der Waals surface area contributed by atoms with Gasteiger partial charge in [0.15, 0.2) is 12.4 Å². The quantitative estimate of drug-likeness (QED) is 0.747. The molecule has 1 unspecified atom stereocenters. The molecule has 0 aromatic heterocycles. The molecule has 0 aliphatic heterocycles. The van der Waals surface area contributed by atoms with E-state index in [2.05, 4.69) is 5.32 Å². The Morgan fingerprint density at radius 1 is 1.04 bits per heavy atom. The van der Waals surface area contributed by atoms with Crippen molar-refractivity contribution in [2.45, 2.75) is 13.0 Å². The number of halogens is 1. The van der Waals surface area contributed by atoms with Gasteiger partial charge in [-0.2, -0.15) is 0 Å². The highest BCUT2D eigenvalue weighted by Crippen LogP contribution is 2.16. The summed E-state index contributed by atoms with van der Waals surface area (Å²) in [6, 6.07) is 11.7. The summed E-state index contributed by atoms with van der Waals surface area (Å²) in [4.78, 5) is 24.0. The number of carbonyl (C=O) groups is 2. The third-order valence-electron chi connectivity index (χ3n) is 3.42. The van der Waals surface area contributed by atoms with Crippen LogP contribution in [0.1, 0.15) is 22.8 Å². The van der Waals surface area contributed by atoms with E-state index in [4.69, 9.17) is 9.47 Å². The second kappa shape index (κ2) is 8.94. The highest BCUT2D eigenvalue weighted by molar-refractivity contribution is 6.09. The maximum Gasteiger partial charge on any atom is 0.258 e. The lowest BCUT2D eigenvalue weighted by atomic mass is 10.0. The second-order valence-corrected chi connectivity index (χ2v) is 5.57. The van der Waals surface area contributed by atoms with E-state index in [0.717, 1.165) is 0 Å². The van der Waals surface area contributed by atoms with Crippen LogP contribution in [0.15, 0.2) is 48.5 Å². The first kappa shape index (κ1) is 18.6. The number of methoxy groups -OCH3 is 1. The van der Waals surface area contributed by atoms with Gasteiger partial charge in [0.05, 0.1) is 6.61 Å². The maximum absolute atomic E-state index is 12.9. The van der Waals surface area contributed by atoms with Gasteiger partial charge in [-0.15, -0.1) is 0 Å². The van der Waals surface area contributed by atoms with Gasteiger partial charge < -0.3 is 14.8 Å². The molecule has 0 aliphatic rings. The van der Waals surface area contributed by atoms with Crippen molar-refractivity contribution >= 4 is 11.7 Å². The Balaban J connectivity index is 1.90. The number of carbonyl (C=O) groups excluding carboxylic acids is 2. The molecule has 0 heterocycles. The van der Waals surface area contributed by atoms with Crippen LogP contribution in [0.3, 0.4) is 0 Å². The molecule has 2 aromatic rings. The standard InChI is InChI=1S/C19H20FNO4/c1-13(11-24-2)21-18(22)12-25-17-9-5-15(6-10-17)19(23)14-3-7-16(20)8-4-14/h3-10,13H,11-12H2,1-2H3,(H,21,22). The van der Waals surface area contributed by atoms with E-state index in [1.165, 1.54) is 24.3 Å². The molecule has 1 amide bonds. The fraction of sp³-hybridized carbons (Fsp3) is 0.263. The van der Waals surface area contributed by atoms with E-state index in [1.807, 2.05) is 6.92 Å². The largest absolute Gasteiger partial charge is 0.484 e. The summed E-state index contributed by atoms with van der Waals surface area (Å²) < 4.78 is 23.2. The minimum Gasteiger partial charge on any atom is -0.484 e. The fourth-order valence-electron chi connectivity index (χ4n) is 2.23. The minimum absolute atomic E-state index is 0.100. The maximum atomic E-state index is 12.9. The molecule has 1 N–H and O–H groups in total. The molecular weight excluding hydrogens is 325 g/mol. The number of hydrogen-bond acceptors (Lipinski definition) is 4. The summed E-state index contributed by atoms with van der Waals surface area (Å²) in [5.41, 5.74) is 0.860. The van der Waals surface area contributed by atoms with E-state index in [-0.39, 0.29) is 24.3 Å². The van der Waals surface area contributed by atoms with Gasteiger partial charge in [0, 0.05) is 24.3 Å². The van der Waals surface area contributed by atoms with Crippen LogP contribution in [0.25, 0.3) is 0 Å². The Morgan fingerprint density at radius 3 is 2.16 bits per heavy atom. The average Bonchev–Trinajstić information content (AvgIpc) is 2.60. The molecule has 2 rings (SSSR count). The van der Waals surface area contributed by atoms with Crippen LogP contribution in [0.4, 0.5) is 4.39 Å². The first-order chi connectivity index (χ1) is 12.0. The molecule has 0 fully saturated rings. The topological polar surface area (TPSA) is 64.6 Å². The van der Waals surface area contributed by atoms with Crippen LogP contribution < -0.4 is 10.1 Å². The lowest BCUT2D eigenvalue weighted by Gasteiger charge is -2.13. The van der Waals surface area contributed by atoms with E-state index in [9.17, 15) is 14.0 Å². The predicted molar refractivity (Wildman–Crippen MR) is 91.3 cm³/mol. The van der Waals surface area contributed by atoms with Gasteiger partial charge >= 0.3 is 0 Å². The van der Waals surface area contributed by atoms with Crippen molar-refractivity contribution in [3.8, 4) is 5.75 Å². The molecule has 5 nitrogen and oxygen atoms in total. The predicted octanol–water partition coefficient (Wildman–Crippen LogP) is 2.59. The zero-order valence-electron chi connectivity index (χ0n) is 14.1. The number of amides is 1. The highest BCUT2D eigenvalue weighted by atomic mass is 19.1. The van der Waals surface area contributed by atoms with E-state index < -0.39 is 5.82 Å². The van der Waals surface area contributed by atoms with Gasteiger partial charge in [0.1, 0.15) is 11.6 Å². The normalized spacial score (nSPS) is 11.6. The van der Waals surface area contributed by atoms with Crippen molar-refractivity contribution in [1.29, 1.82) is 0 Å². The van der Waals surface area contributed by atoms with Crippen molar-refractivity contribution in [3.05, 3.63) is 65.5 Å². The van der Waals surface area contributed by atoms with Crippen LogP contribution in [0.2, 0.25) is 0 Å². The molecule has 2 aromatic carbocycles. The highest BCUT2D eigenvalue weighted by Gasteiger charge is 2.10. The first-order valence-electron chi connectivity index (χ1n) is 7.81. The molecule has 0 bridgehead atoms. The lowest BCUT2D eigenvalue weighted by molar-refractivity contribution is -0.124. The Morgan fingerprint density at radius 2 is 1.60 bits per heavy atom. The van der Waals surface area contributed by atoms with Crippen LogP contribution in [-0.4, -0.2) is 38.1 Å². The molecule has 0 spiro atoms. The Kier molecular flexibility index (Phi) is 6.65. The van der Waals surface area contributed by atoms with Crippen molar-refractivity contribution in [2.75, 3.05) is 20.3 Å². The Labute approximate surface area is 145 Å². The monoisotopic (exact) mass is 345 g/mol. The number of hydrogen-bond donors (Lipinski definition) is 1. The lowest BCUT2D eigenvalue weighted by Crippen LogP contribution is -2.38. The van der Waals surface area contributed by atoms with Gasteiger partial charge in [-0.05, 0) is 55.5 Å².